The van der Waals surface area contributed by atoms with Crippen LogP contribution in [-0.2, 0) is 5.60 Å². The van der Waals surface area contributed by atoms with Gasteiger partial charge in [-0.05, 0) is 24.3 Å². The maximum atomic E-state index is 12.8. The highest BCUT2D eigenvalue weighted by Crippen LogP contribution is 2.44. The van der Waals surface area contributed by atoms with Crippen molar-refractivity contribution in [3.63, 3.8) is 0 Å². The Morgan fingerprint density at radius 1 is 0.844 bits per heavy atom. The van der Waals surface area contributed by atoms with E-state index in [1.807, 2.05) is 54.7 Å². The van der Waals surface area contributed by atoms with Gasteiger partial charge in [-0.1, -0.05) is 48.5 Å². The molecular weight excluding hydrogens is 402 g/mol. The number of benzene rings is 3. The molecule has 6 heteroatoms. The van der Waals surface area contributed by atoms with Gasteiger partial charge in [0.15, 0.2) is 0 Å². The number of aromatic amines is 1. The fraction of sp³-hybridized carbons (Fsp3) is 0.115. The first kappa shape index (κ1) is 18.7. The summed E-state index contributed by atoms with van der Waals surface area (Å²) in [6.07, 6.45) is 2.00. The van der Waals surface area contributed by atoms with Gasteiger partial charge in [-0.2, -0.15) is 0 Å². The summed E-state index contributed by atoms with van der Waals surface area (Å²) in [5.74, 6) is -0.657. The Hall–Kier alpha value is -4.03. The van der Waals surface area contributed by atoms with E-state index in [1.165, 1.54) is 4.90 Å². The number of hydrogen-bond donors (Lipinski definition) is 2. The van der Waals surface area contributed by atoms with Crippen molar-refractivity contribution in [2.75, 3.05) is 6.54 Å². The van der Waals surface area contributed by atoms with E-state index in [-0.39, 0.29) is 24.8 Å². The summed E-state index contributed by atoms with van der Waals surface area (Å²) in [4.78, 5) is 34.9. The number of nitrogens with one attached hydrogen (secondary N) is 1. The van der Waals surface area contributed by atoms with Gasteiger partial charge in [-0.3, -0.25) is 14.5 Å². The van der Waals surface area contributed by atoms with Gasteiger partial charge < -0.3 is 10.1 Å². The molecule has 156 valence electrons. The minimum atomic E-state index is -1.44. The zero-order valence-electron chi connectivity index (χ0n) is 17.1. The van der Waals surface area contributed by atoms with Gasteiger partial charge >= 0.3 is 0 Å². The molecule has 0 saturated carbocycles. The third-order valence-electron chi connectivity index (χ3n) is 6.39. The first-order chi connectivity index (χ1) is 15.6. The predicted octanol–water partition coefficient (Wildman–Crippen LogP) is 4.18. The molecule has 0 bridgehead atoms. The van der Waals surface area contributed by atoms with Crippen LogP contribution in [0.1, 0.15) is 38.3 Å². The van der Waals surface area contributed by atoms with E-state index < -0.39 is 5.60 Å². The fourth-order valence-corrected chi connectivity index (χ4v) is 4.80. The summed E-state index contributed by atoms with van der Waals surface area (Å²) in [6, 6.07) is 22.1. The number of fused-ring (bicyclic) bond motifs is 3. The molecule has 0 saturated heterocycles. The van der Waals surface area contributed by atoms with Crippen molar-refractivity contribution in [2.24, 2.45) is 4.99 Å². The molecule has 2 aliphatic rings. The number of aliphatic imine (C=N–C) groups is 1. The third kappa shape index (κ3) is 2.53. The molecule has 6 rings (SSSR count). The van der Waals surface area contributed by atoms with Crippen LogP contribution >= 0.6 is 0 Å². The van der Waals surface area contributed by atoms with Crippen molar-refractivity contribution in [3.8, 4) is 0 Å². The van der Waals surface area contributed by atoms with Crippen molar-refractivity contribution in [1.29, 1.82) is 0 Å². The summed E-state index contributed by atoms with van der Waals surface area (Å²) in [6.45, 7) is 0.0803. The van der Waals surface area contributed by atoms with E-state index in [2.05, 4.69) is 4.98 Å². The smallest absolute Gasteiger partial charge is 0.261 e. The normalized spacial score (nSPS) is 19.4. The number of carbonyl (C=O) groups excluding carboxylic acids is 2. The van der Waals surface area contributed by atoms with Crippen molar-refractivity contribution < 1.29 is 14.7 Å². The van der Waals surface area contributed by atoms with Gasteiger partial charge in [0.05, 0.1) is 28.0 Å². The highest BCUT2D eigenvalue weighted by molar-refractivity contribution is 6.21. The molecule has 6 nitrogen and oxygen atoms in total. The van der Waals surface area contributed by atoms with E-state index in [0.717, 1.165) is 16.5 Å². The molecule has 2 aliphatic heterocycles. The van der Waals surface area contributed by atoms with E-state index in [0.29, 0.717) is 28.1 Å². The molecule has 0 radical (unpaired) electrons. The van der Waals surface area contributed by atoms with Crippen LogP contribution in [0.4, 0.5) is 5.69 Å². The lowest BCUT2D eigenvalue weighted by Crippen LogP contribution is -2.40. The quantitative estimate of drug-likeness (QED) is 0.485. The van der Waals surface area contributed by atoms with Crippen molar-refractivity contribution >= 4 is 34.1 Å². The highest BCUT2D eigenvalue weighted by Gasteiger charge is 2.45. The molecule has 1 atom stereocenters. The van der Waals surface area contributed by atoms with E-state index >= 15 is 0 Å². The number of aliphatic hydroxyl groups is 1. The Labute approximate surface area is 183 Å². The lowest BCUT2D eigenvalue weighted by molar-refractivity contribution is 0.0571. The molecule has 0 spiro atoms. The molecule has 3 heterocycles. The number of amides is 2. The standard InChI is InChI=1S/C26H19N3O3/c30-24-17-7-1-2-8-18(17)25(31)29(24)15-13-26(32)20-10-3-4-11-21(20)28-23(26)19-9-5-6-16-12-14-27-22(16)19/h1-12,14,27,32H,13,15H2/t26-/m1/s1. The minimum absolute atomic E-state index is 0.0803. The van der Waals surface area contributed by atoms with Crippen LogP contribution in [0.3, 0.4) is 0 Å². The minimum Gasteiger partial charge on any atom is -0.379 e. The summed E-state index contributed by atoms with van der Waals surface area (Å²) in [5.41, 5.74) is 2.94. The Bertz CT molecular complexity index is 1420. The SMILES string of the molecule is O=C1c2ccccc2C(=O)N1CC[C@]1(O)C(c2cccc3cc[nH]c23)=Nc2ccccc21. The third-order valence-corrected chi connectivity index (χ3v) is 6.39. The van der Waals surface area contributed by atoms with Crippen LogP contribution in [0.5, 0.6) is 0 Å². The molecular formula is C26H19N3O3. The summed E-state index contributed by atoms with van der Waals surface area (Å²) in [7, 11) is 0. The van der Waals surface area contributed by atoms with Gasteiger partial charge in [-0.15, -0.1) is 0 Å². The van der Waals surface area contributed by atoms with Gasteiger partial charge in [0.2, 0.25) is 0 Å². The van der Waals surface area contributed by atoms with Crippen LogP contribution in [0.2, 0.25) is 0 Å². The Balaban J connectivity index is 1.40. The molecule has 3 aromatic carbocycles. The Morgan fingerprint density at radius 2 is 1.53 bits per heavy atom. The summed E-state index contributed by atoms with van der Waals surface area (Å²) < 4.78 is 0. The predicted molar refractivity (Wildman–Crippen MR) is 121 cm³/mol. The largest absolute Gasteiger partial charge is 0.379 e. The molecule has 0 unspecified atom stereocenters. The van der Waals surface area contributed by atoms with Gasteiger partial charge in [0.1, 0.15) is 5.60 Å². The topological polar surface area (TPSA) is 85.8 Å². The molecule has 4 aromatic rings. The molecule has 0 fully saturated rings. The lowest BCUT2D eigenvalue weighted by Gasteiger charge is -2.28. The van der Waals surface area contributed by atoms with Gasteiger partial charge in [0, 0.05) is 35.7 Å². The molecule has 0 aliphatic carbocycles. The molecule has 2 N–H and O–H groups in total. The van der Waals surface area contributed by atoms with E-state index in [9.17, 15) is 14.7 Å². The fourth-order valence-electron chi connectivity index (χ4n) is 4.80. The number of H-pyrrole nitrogens is 1. The number of hydrogen-bond acceptors (Lipinski definition) is 4. The average molecular weight is 421 g/mol. The number of carbonyl (C=O) groups is 2. The molecule has 32 heavy (non-hydrogen) atoms. The summed E-state index contributed by atoms with van der Waals surface area (Å²) >= 11 is 0. The summed E-state index contributed by atoms with van der Waals surface area (Å²) in [5, 5.41) is 13.0. The molecule has 2 amide bonds. The Kier molecular flexibility index (Phi) is 3.94. The van der Waals surface area contributed by atoms with Gasteiger partial charge in [0.25, 0.3) is 11.8 Å². The second-order valence-electron chi connectivity index (χ2n) is 8.14. The number of rotatable bonds is 4. The second-order valence-corrected chi connectivity index (χ2v) is 8.14. The van der Waals surface area contributed by atoms with Crippen LogP contribution < -0.4 is 0 Å². The second kappa shape index (κ2) is 6.73. The van der Waals surface area contributed by atoms with Gasteiger partial charge in [-0.25, -0.2) is 4.99 Å². The number of imide groups is 1. The van der Waals surface area contributed by atoms with Crippen LogP contribution in [0, 0.1) is 0 Å². The average Bonchev–Trinajstić information content (AvgIpc) is 3.48. The highest BCUT2D eigenvalue weighted by atomic mass is 16.3. The Morgan fingerprint density at radius 3 is 2.31 bits per heavy atom. The monoisotopic (exact) mass is 421 g/mol. The van der Waals surface area contributed by atoms with Crippen molar-refractivity contribution in [2.45, 2.75) is 12.0 Å². The first-order valence-corrected chi connectivity index (χ1v) is 10.5. The van der Waals surface area contributed by atoms with Crippen LogP contribution in [0.25, 0.3) is 10.9 Å². The van der Waals surface area contributed by atoms with Crippen LogP contribution in [-0.4, -0.2) is 39.1 Å². The van der Waals surface area contributed by atoms with Crippen LogP contribution in [0.15, 0.2) is 84.0 Å². The zero-order valence-corrected chi connectivity index (χ0v) is 17.1. The van der Waals surface area contributed by atoms with Crippen molar-refractivity contribution in [3.05, 3.63) is 101 Å². The first-order valence-electron chi connectivity index (χ1n) is 10.5. The number of aromatic nitrogens is 1. The maximum absolute atomic E-state index is 12.8. The van der Waals surface area contributed by atoms with E-state index in [4.69, 9.17) is 4.99 Å². The van der Waals surface area contributed by atoms with Crippen molar-refractivity contribution in [1.82, 2.24) is 9.88 Å². The number of para-hydroxylation sites is 2. The van der Waals surface area contributed by atoms with E-state index in [1.54, 1.807) is 24.3 Å². The maximum Gasteiger partial charge on any atom is 0.261 e. The number of nitrogens with zero attached hydrogens (tertiary/aromatic N) is 2. The lowest BCUT2D eigenvalue weighted by atomic mass is 9.83. The zero-order chi connectivity index (χ0) is 21.9. The molecule has 1 aromatic heterocycles.